The Bertz CT molecular complexity index is 1210. The molecule has 184 valence electrons. The number of aromatic hydroxyl groups is 1. The van der Waals surface area contributed by atoms with Crippen molar-refractivity contribution in [1.29, 1.82) is 0 Å². The molecule has 2 aliphatic heterocycles. The van der Waals surface area contributed by atoms with Crippen LogP contribution in [-0.4, -0.2) is 68.0 Å². The molecule has 2 unspecified atom stereocenters. The molecule has 0 spiro atoms. The molecule has 2 atom stereocenters. The van der Waals surface area contributed by atoms with Crippen molar-refractivity contribution in [3.8, 4) is 17.0 Å². The van der Waals surface area contributed by atoms with Gasteiger partial charge in [-0.15, -0.1) is 0 Å². The summed E-state index contributed by atoms with van der Waals surface area (Å²) >= 11 is 0. The zero-order valence-corrected chi connectivity index (χ0v) is 19.5. The Kier molecular flexibility index (Phi) is 6.38. The number of nitrogens with zero attached hydrogens (tertiary/aromatic N) is 4. The Morgan fingerprint density at radius 3 is 2.97 bits per heavy atom. The van der Waals surface area contributed by atoms with Gasteiger partial charge in [-0.1, -0.05) is 6.07 Å². The number of phenolic OH excluding ortho intramolecular Hbond substituents is 1. The summed E-state index contributed by atoms with van der Waals surface area (Å²) < 4.78 is 28.9. The van der Waals surface area contributed by atoms with E-state index in [4.69, 9.17) is 0 Å². The topological polar surface area (TPSA) is 97.4 Å². The molecule has 0 bridgehead atoms. The maximum Gasteiger partial charge on any atom is 0.318 e. The minimum atomic E-state index is -1.20. The van der Waals surface area contributed by atoms with Gasteiger partial charge in [0.2, 0.25) is 0 Å². The summed E-state index contributed by atoms with van der Waals surface area (Å²) in [6.07, 6.45) is 1.38. The van der Waals surface area contributed by atoms with E-state index >= 15 is 0 Å². The lowest BCUT2D eigenvalue weighted by Gasteiger charge is -2.37. The van der Waals surface area contributed by atoms with Crippen molar-refractivity contribution in [3.05, 3.63) is 64.9 Å². The Morgan fingerprint density at radius 1 is 1.31 bits per heavy atom. The third-order valence-corrected chi connectivity index (χ3v) is 6.79. The van der Waals surface area contributed by atoms with Crippen molar-refractivity contribution < 1.29 is 18.7 Å². The van der Waals surface area contributed by atoms with Crippen LogP contribution >= 0.6 is 0 Å². The van der Waals surface area contributed by atoms with Gasteiger partial charge >= 0.3 is 6.03 Å². The Balaban J connectivity index is 1.26. The van der Waals surface area contributed by atoms with Crippen molar-refractivity contribution >= 4 is 6.03 Å². The largest absolute Gasteiger partial charge is 0.508 e. The summed E-state index contributed by atoms with van der Waals surface area (Å²) in [6.45, 7) is 3.56. The smallest absolute Gasteiger partial charge is 0.318 e. The summed E-state index contributed by atoms with van der Waals surface area (Å²) in [6, 6.07) is 6.94. The molecule has 0 aliphatic carbocycles. The maximum atomic E-state index is 14.8. The van der Waals surface area contributed by atoms with E-state index in [1.807, 2.05) is 24.0 Å². The van der Waals surface area contributed by atoms with Gasteiger partial charge in [-0.3, -0.25) is 15.0 Å². The molecule has 3 aromatic rings. The average molecular weight is 483 g/mol. The molecule has 0 radical (unpaired) electrons. The second-order valence-corrected chi connectivity index (χ2v) is 9.22. The highest BCUT2D eigenvalue weighted by atomic mass is 19.1. The quantitative estimate of drug-likeness (QED) is 0.530. The minimum Gasteiger partial charge on any atom is -0.508 e. The van der Waals surface area contributed by atoms with Gasteiger partial charge < -0.3 is 15.3 Å². The summed E-state index contributed by atoms with van der Waals surface area (Å²) in [4.78, 5) is 20.9. The van der Waals surface area contributed by atoms with Crippen LogP contribution in [0.5, 0.6) is 5.75 Å². The van der Waals surface area contributed by atoms with Crippen LogP contribution in [0.3, 0.4) is 0 Å². The van der Waals surface area contributed by atoms with E-state index in [2.05, 4.69) is 20.5 Å². The number of likely N-dealkylation sites (tertiary alicyclic amines) is 1. The number of carbonyl (C=O) groups excluding carboxylic acids is 1. The van der Waals surface area contributed by atoms with Gasteiger partial charge in [0.25, 0.3) is 0 Å². The van der Waals surface area contributed by atoms with Crippen molar-refractivity contribution in [2.24, 2.45) is 0 Å². The number of aromatic amines is 1. The second kappa shape index (κ2) is 9.61. The molecule has 8 nitrogen and oxygen atoms in total. The van der Waals surface area contributed by atoms with Crippen LogP contribution in [0.1, 0.15) is 28.9 Å². The second-order valence-electron chi connectivity index (χ2n) is 9.22. The van der Waals surface area contributed by atoms with Crippen LogP contribution in [0.15, 0.2) is 36.5 Å². The SMILES string of the molecule is Cc1cc(-c2n[nH]c3c2CN(C(=O)NC2CN(Cc4c(O)cccc4F)CCC2F)CC3)ccn1. The molecule has 4 heterocycles. The van der Waals surface area contributed by atoms with Crippen molar-refractivity contribution in [3.63, 3.8) is 0 Å². The van der Waals surface area contributed by atoms with Crippen molar-refractivity contribution in [2.75, 3.05) is 19.6 Å². The fraction of sp³-hybridized carbons (Fsp3) is 0.400. The van der Waals surface area contributed by atoms with E-state index in [1.165, 1.54) is 18.2 Å². The van der Waals surface area contributed by atoms with Gasteiger partial charge in [-0.05, 0) is 37.6 Å². The van der Waals surface area contributed by atoms with Crippen LogP contribution in [0.25, 0.3) is 11.3 Å². The molecule has 1 fully saturated rings. The number of H-pyrrole nitrogens is 1. The highest BCUT2D eigenvalue weighted by molar-refractivity contribution is 5.76. The summed E-state index contributed by atoms with van der Waals surface area (Å²) in [7, 11) is 0. The third-order valence-electron chi connectivity index (χ3n) is 6.79. The van der Waals surface area contributed by atoms with Crippen LogP contribution in [-0.2, 0) is 19.5 Å². The van der Waals surface area contributed by atoms with Gasteiger partial charge in [0.05, 0.1) is 18.3 Å². The van der Waals surface area contributed by atoms with E-state index in [0.717, 1.165) is 28.2 Å². The van der Waals surface area contributed by atoms with Crippen molar-refractivity contribution in [1.82, 2.24) is 30.3 Å². The number of hydrogen-bond donors (Lipinski definition) is 3. The van der Waals surface area contributed by atoms with E-state index in [0.29, 0.717) is 26.1 Å². The number of benzene rings is 1. The molecule has 0 saturated carbocycles. The summed E-state index contributed by atoms with van der Waals surface area (Å²) in [5.41, 5.74) is 4.73. The molecule has 3 N–H and O–H groups in total. The number of aryl methyl sites for hydroxylation is 1. The highest BCUT2D eigenvalue weighted by Crippen LogP contribution is 2.29. The Hall–Kier alpha value is -3.53. The minimum absolute atomic E-state index is 0.127. The molecule has 2 amide bonds. The summed E-state index contributed by atoms with van der Waals surface area (Å²) in [5.74, 6) is -0.630. The molecular formula is C25H28F2N6O2. The predicted molar refractivity (Wildman–Crippen MR) is 126 cm³/mol. The van der Waals surface area contributed by atoms with Crippen LogP contribution in [0.4, 0.5) is 13.6 Å². The first-order valence-corrected chi connectivity index (χ1v) is 11.8. The third kappa shape index (κ3) is 4.84. The van der Waals surface area contributed by atoms with Gasteiger partial charge in [0.1, 0.15) is 17.7 Å². The molecule has 35 heavy (non-hydrogen) atoms. The number of carbonyl (C=O) groups is 1. The van der Waals surface area contributed by atoms with Gasteiger partial charge in [0, 0.05) is 66.9 Å². The zero-order valence-electron chi connectivity index (χ0n) is 19.5. The number of halogens is 2. The number of hydrogen-bond acceptors (Lipinski definition) is 5. The number of nitrogens with one attached hydrogen (secondary N) is 2. The van der Waals surface area contributed by atoms with Crippen LogP contribution < -0.4 is 5.32 Å². The summed E-state index contributed by atoms with van der Waals surface area (Å²) in [5, 5.41) is 20.4. The number of urea groups is 1. The first kappa shape index (κ1) is 23.2. The molecule has 5 rings (SSSR count). The predicted octanol–water partition coefficient (Wildman–Crippen LogP) is 3.31. The number of alkyl halides is 1. The fourth-order valence-electron chi connectivity index (χ4n) is 4.85. The number of amides is 2. The van der Waals surface area contributed by atoms with Crippen LogP contribution in [0, 0.1) is 12.7 Å². The Labute approximate surface area is 202 Å². The van der Waals surface area contributed by atoms with E-state index in [9.17, 15) is 18.7 Å². The molecule has 10 heteroatoms. The van der Waals surface area contributed by atoms with E-state index < -0.39 is 18.0 Å². The van der Waals surface area contributed by atoms with Gasteiger partial charge in [0.15, 0.2) is 0 Å². The first-order valence-electron chi connectivity index (χ1n) is 11.8. The molecule has 1 saturated heterocycles. The molecule has 2 aliphatic rings. The Morgan fingerprint density at radius 2 is 2.17 bits per heavy atom. The lowest BCUT2D eigenvalue weighted by Crippen LogP contribution is -2.56. The molecular weight excluding hydrogens is 454 g/mol. The van der Waals surface area contributed by atoms with E-state index in [-0.39, 0.29) is 36.9 Å². The average Bonchev–Trinajstić information content (AvgIpc) is 3.27. The molecule has 1 aromatic carbocycles. The zero-order chi connectivity index (χ0) is 24.5. The number of aromatic nitrogens is 3. The number of piperidine rings is 1. The monoisotopic (exact) mass is 482 g/mol. The fourth-order valence-corrected chi connectivity index (χ4v) is 4.85. The maximum absolute atomic E-state index is 14.8. The normalized spacial score (nSPS) is 20.5. The number of fused-ring (bicyclic) bond motifs is 1. The van der Waals surface area contributed by atoms with E-state index in [1.54, 1.807) is 11.1 Å². The number of rotatable bonds is 4. The highest BCUT2D eigenvalue weighted by Gasteiger charge is 2.33. The molecule has 2 aromatic heterocycles. The van der Waals surface area contributed by atoms with Crippen molar-refractivity contribution in [2.45, 2.75) is 45.1 Å². The number of phenols is 1. The standard InChI is InChI=1S/C25H28F2N6O2/c1-15-11-16(5-8-28-15)24-18-13-33(10-7-21(18)30-31-24)25(35)29-22-14-32(9-6-20(22)27)12-17-19(26)3-2-4-23(17)34/h2-5,8,11,20,22,34H,6-7,9-10,12-14H2,1H3,(H,29,35)(H,30,31). The van der Waals surface area contributed by atoms with Gasteiger partial charge in [-0.2, -0.15) is 5.10 Å². The van der Waals surface area contributed by atoms with Gasteiger partial charge in [-0.25, -0.2) is 13.6 Å². The lowest BCUT2D eigenvalue weighted by molar-refractivity contribution is 0.0997. The lowest BCUT2D eigenvalue weighted by atomic mass is 10.0. The van der Waals surface area contributed by atoms with Crippen LogP contribution in [0.2, 0.25) is 0 Å². The number of pyridine rings is 1. The first-order chi connectivity index (χ1) is 16.9.